The lowest BCUT2D eigenvalue weighted by Crippen LogP contribution is -2.20. The van der Waals surface area contributed by atoms with Crippen molar-refractivity contribution in [3.8, 4) is 5.75 Å². The number of carbonyl (C=O) groups is 1. The Hall–Kier alpha value is -1.16. The number of ether oxygens (including phenoxy) is 2. The molecule has 0 heterocycles. The average molecular weight is 395 g/mol. The Kier molecular flexibility index (Phi) is 14.0. The van der Waals surface area contributed by atoms with Crippen molar-refractivity contribution in [2.45, 2.75) is 94.6 Å². The van der Waals surface area contributed by atoms with Crippen LogP contribution in [0.4, 0.5) is 0 Å². The zero-order valence-corrected chi connectivity index (χ0v) is 18.3. The summed E-state index contributed by atoms with van der Waals surface area (Å²) in [6.45, 7) is 4.57. The zero-order chi connectivity index (χ0) is 19.7. The lowest BCUT2D eigenvalue weighted by atomic mass is 10.1. The van der Waals surface area contributed by atoms with Crippen molar-refractivity contribution in [3.63, 3.8) is 0 Å². The summed E-state index contributed by atoms with van der Waals surface area (Å²) in [5.74, 6) is 0.746. The van der Waals surface area contributed by atoms with Crippen molar-refractivity contribution in [2.24, 2.45) is 0 Å². The van der Waals surface area contributed by atoms with Crippen LogP contribution >= 0.6 is 11.8 Å². The van der Waals surface area contributed by atoms with E-state index in [0.717, 1.165) is 23.5 Å². The Labute approximate surface area is 170 Å². The molecule has 0 aliphatic carbocycles. The third-order valence-corrected chi connectivity index (χ3v) is 5.96. The number of methoxy groups -OCH3 is 1. The Morgan fingerprint density at radius 1 is 0.889 bits per heavy atom. The zero-order valence-electron chi connectivity index (χ0n) is 17.5. The normalized spacial score (nSPS) is 12.0. The van der Waals surface area contributed by atoms with E-state index in [9.17, 15) is 4.79 Å². The summed E-state index contributed by atoms with van der Waals surface area (Å²) in [6, 6.07) is 7.89. The fourth-order valence-electron chi connectivity index (χ4n) is 3.10. The van der Waals surface area contributed by atoms with Crippen LogP contribution in [0.25, 0.3) is 0 Å². The summed E-state index contributed by atoms with van der Waals surface area (Å²) >= 11 is 1.61. The van der Waals surface area contributed by atoms with Crippen LogP contribution in [0.15, 0.2) is 29.2 Å². The molecule has 1 rings (SSSR count). The summed E-state index contributed by atoms with van der Waals surface area (Å²) in [6.07, 6.45) is 14.0. The first-order chi connectivity index (χ1) is 13.2. The van der Waals surface area contributed by atoms with Crippen molar-refractivity contribution in [1.29, 1.82) is 0 Å². The standard InChI is InChI=1S/C23H38O3S/c1-4-6-7-8-9-10-11-12-13-14-15-22(23(24)26-5-2)27-21-18-16-20(25-3)17-19-21/h16-19,22H,4-15H2,1-3H3. The van der Waals surface area contributed by atoms with Gasteiger partial charge in [0, 0.05) is 4.90 Å². The maximum absolute atomic E-state index is 12.3. The van der Waals surface area contributed by atoms with E-state index in [1.54, 1.807) is 18.9 Å². The molecular formula is C23H38O3S. The molecule has 0 saturated heterocycles. The second-order valence-corrected chi connectivity index (χ2v) is 8.28. The van der Waals surface area contributed by atoms with E-state index in [1.807, 2.05) is 31.2 Å². The summed E-state index contributed by atoms with van der Waals surface area (Å²) in [7, 11) is 1.66. The first-order valence-electron chi connectivity index (χ1n) is 10.7. The van der Waals surface area contributed by atoms with Crippen LogP contribution in [0, 0.1) is 0 Å². The second-order valence-electron chi connectivity index (χ2n) is 7.00. The highest BCUT2D eigenvalue weighted by Gasteiger charge is 2.20. The smallest absolute Gasteiger partial charge is 0.319 e. The van der Waals surface area contributed by atoms with E-state index < -0.39 is 0 Å². The van der Waals surface area contributed by atoms with Crippen molar-refractivity contribution in [1.82, 2.24) is 0 Å². The molecule has 1 atom stereocenters. The molecule has 0 aliphatic heterocycles. The summed E-state index contributed by atoms with van der Waals surface area (Å²) in [4.78, 5) is 13.4. The molecule has 0 amide bonds. The lowest BCUT2D eigenvalue weighted by molar-refractivity contribution is -0.142. The first-order valence-corrected chi connectivity index (χ1v) is 11.6. The molecule has 0 saturated carbocycles. The third-order valence-electron chi connectivity index (χ3n) is 4.71. The number of benzene rings is 1. The van der Waals surface area contributed by atoms with Gasteiger partial charge >= 0.3 is 5.97 Å². The monoisotopic (exact) mass is 394 g/mol. The van der Waals surface area contributed by atoms with Crippen molar-refractivity contribution in [2.75, 3.05) is 13.7 Å². The van der Waals surface area contributed by atoms with Gasteiger partial charge in [-0.3, -0.25) is 4.79 Å². The number of hydrogen-bond acceptors (Lipinski definition) is 4. The molecule has 0 bridgehead atoms. The molecule has 0 radical (unpaired) electrons. The average Bonchev–Trinajstić information content (AvgIpc) is 2.69. The van der Waals surface area contributed by atoms with Crippen LogP contribution in [0.2, 0.25) is 0 Å². The van der Waals surface area contributed by atoms with Crippen molar-refractivity contribution >= 4 is 17.7 Å². The highest BCUT2D eigenvalue weighted by Crippen LogP contribution is 2.29. The fraction of sp³-hybridized carbons (Fsp3) is 0.696. The van der Waals surface area contributed by atoms with E-state index >= 15 is 0 Å². The number of carbonyl (C=O) groups excluding carboxylic acids is 1. The van der Waals surface area contributed by atoms with Crippen LogP contribution in [0.1, 0.15) is 84.5 Å². The third kappa shape index (κ3) is 11.3. The molecule has 154 valence electrons. The van der Waals surface area contributed by atoms with E-state index in [-0.39, 0.29) is 11.2 Å². The minimum absolute atomic E-state index is 0.0887. The van der Waals surface area contributed by atoms with E-state index in [0.29, 0.717) is 6.61 Å². The molecule has 0 fully saturated rings. The Balaban J connectivity index is 2.28. The molecule has 27 heavy (non-hydrogen) atoms. The maximum Gasteiger partial charge on any atom is 0.319 e. The predicted octanol–water partition coefficient (Wildman–Crippen LogP) is 7.03. The second kappa shape index (κ2) is 15.9. The van der Waals surface area contributed by atoms with Crippen LogP contribution in [-0.2, 0) is 9.53 Å². The number of hydrogen-bond donors (Lipinski definition) is 0. The highest BCUT2D eigenvalue weighted by molar-refractivity contribution is 8.00. The fourth-order valence-corrected chi connectivity index (χ4v) is 4.17. The topological polar surface area (TPSA) is 35.5 Å². The van der Waals surface area contributed by atoms with Gasteiger partial charge in [-0.2, -0.15) is 0 Å². The van der Waals surface area contributed by atoms with Crippen LogP contribution in [0.3, 0.4) is 0 Å². The molecule has 1 aromatic carbocycles. The minimum atomic E-state index is -0.118. The van der Waals surface area contributed by atoms with Crippen LogP contribution in [0.5, 0.6) is 5.75 Å². The summed E-state index contributed by atoms with van der Waals surface area (Å²) < 4.78 is 10.5. The van der Waals surface area contributed by atoms with E-state index in [1.165, 1.54) is 57.8 Å². The molecular weight excluding hydrogens is 356 g/mol. The van der Waals surface area contributed by atoms with Crippen molar-refractivity contribution in [3.05, 3.63) is 24.3 Å². The van der Waals surface area contributed by atoms with Gasteiger partial charge in [-0.1, -0.05) is 71.1 Å². The Morgan fingerprint density at radius 2 is 1.44 bits per heavy atom. The minimum Gasteiger partial charge on any atom is -0.497 e. The number of rotatable bonds is 16. The molecule has 0 spiro atoms. The highest BCUT2D eigenvalue weighted by atomic mass is 32.2. The predicted molar refractivity (Wildman–Crippen MR) is 116 cm³/mol. The number of thioether (sulfide) groups is 1. The summed E-state index contributed by atoms with van der Waals surface area (Å²) in [5, 5.41) is -0.118. The van der Waals surface area contributed by atoms with Gasteiger partial charge in [-0.15, -0.1) is 11.8 Å². The molecule has 0 aromatic heterocycles. The van der Waals surface area contributed by atoms with E-state index in [2.05, 4.69) is 6.92 Å². The Bertz CT molecular complexity index is 487. The SMILES string of the molecule is CCCCCCCCCCCCC(Sc1ccc(OC)cc1)C(=O)OCC. The van der Waals surface area contributed by atoms with E-state index in [4.69, 9.17) is 9.47 Å². The maximum atomic E-state index is 12.3. The Morgan fingerprint density at radius 3 is 1.96 bits per heavy atom. The van der Waals surface area contributed by atoms with Gasteiger partial charge in [0.1, 0.15) is 11.0 Å². The number of unbranched alkanes of at least 4 members (excludes halogenated alkanes) is 9. The number of esters is 1. The van der Waals surface area contributed by atoms with Gasteiger partial charge in [-0.25, -0.2) is 0 Å². The van der Waals surface area contributed by atoms with Crippen LogP contribution in [-0.4, -0.2) is 24.9 Å². The molecule has 1 aromatic rings. The van der Waals surface area contributed by atoms with Gasteiger partial charge in [0.2, 0.25) is 0 Å². The summed E-state index contributed by atoms with van der Waals surface area (Å²) in [5.41, 5.74) is 0. The largest absolute Gasteiger partial charge is 0.497 e. The first kappa shape index (κ1) is 23.9. The van der Waals surface area contributed by atoms with Crippen LogP contribution < -0.4 is 4.74 Å². The van der Waals surface area contributed by atoms with Crippen molar-refractivity contribution < 1.29 is 14.3 Å². The van der Waals surface area contributed by atoms with Gasteiger partial charge in [-0.05, 0) is 37.6 Å². The quantitative estimate of drug-likeness (QED) is 0.171. The molecule has 1 unspecified atom stereocenters. The van der Waals surface area contributed by atoms with Gasteiger partial charge < -0.3 is 9.47 Å². The molecule has 3 nitrogen and oxygen atoms in total. The lowest BCUT2D eigenvalue weighted by Gasteiger charge is -2.15. The van der Waals surface area contributed by atoms with Gasteiger partial charge in [0.25, 0.3) is 0 Å². The van der Waals surface area contributed by atoms with Gasteiger partial charge in [0.05, 0.1) is 13.7 Å². The molecule has 0 N–H and O–H groups in total. The van der Waals surface area contributed by atoms with Gasteiger partial charge in [0.15, 0.2) is 0 Å². The molecule has 4 heteroatoms. The molecule has 0 aliphatic rings.